The molecule has 78 valence electrons. The molecule has 0 amide bonds. The molecule has 1 heterocycles. The third kappa shape index (κ3) is 2.24. The number of rotatable bonds is 3. The van der Waals surface area contributed by atoms with E-state index in [1.54, 1.807) is 6.20 Å². The summed E-state index contributed by atoms with van der Waals surface area (Å²) >= 11 is 0. The van der Waals surface area contributed by atoms with E-state index in [0.717, 1.165) is 30.4 Å². The molecule has 2 N–H and O–H groups in total. The SMILES string of the molecule is Nc1ncccc1CC(=O)C1=CCCC1. The number of pyridine rings is 1. The van der Waals surface area contributed by atoms with Crippen LogP contribution in [-0.2, 0) is 11.2 Å². The van der Waals surface area contributed by atoms with E-state index in [9.17, 15) is 4.79 Å². The molecule has 3 heteroatoms. The van der Waals surface area contributed by atoms with Crippen LogP contribution in [-0.4, -0.2) is 10.8 Å². The summed E-state index contributed by atoms with van der Waals surface area (Å²) in [5.41, 5.74) is 7.47. The summed E-state index contributed by atoms with van der Waals surface area (Å²) in [5.74, 6) is 0.650. The maximum absolute atomic E-state index is 11.8. The second-order valence-corrected chi connectivity index (χ2v) is 3.77. The molecule has 0 radical (unpaired) electrons. The van der Waals surface area contributed by atoms with Crippen molar-refractivity contribution in [1.82, 2.24) is 4.98 Å². The van der Waals surface area contributed by atoms with Crippen molar-refractivity contribution >= 4 is 11.6 Å². The molecule has 2 rings (SSSR count). The summed E-state index contributed by atoms with van der Waals surface area (Å²) in [4.78, 5) is 15.8. The molecule has 0 saturated carbocycles. The molecule has 1 aromatic rings. The number of anilines is 1. The van der Waals surface area contributed by atoms with Gasteiger partial charge in [-0.25, -0.2) is 4.98 Å². The lowest BCUT2D eigenvalue weighted by Crippen LogP contribution is -2.07. The molecule has 3 nitrogen and oxygen atoms in total. The largest absolute Gasteiger partial charge is 0.383 e. The van der Waals surface area contributed by atoms with Crippen LogP contribution in [0.15, 0.2) is 30.0 Å². The minimum atomic E-state index is 0.187. The van der Waals surface area contributed by atoms with Gasteiger partial charge in [0.05, 0.1) is 0 Å². The van der Waals surface area contributed by atoms with Crippen LogP contribution < -0.4 is 5.73 Å². The zero-order valence-electron chi connectivity index (χ0n) is 8.57. The van der Waals surface area contributed by atoms with E-state index < -0.39 is 0 Å². The predicted molar refractivity (Wildman–Crippen MR) is 59.3 cm³/mol. The number of nitrogens with two attached hydrogens (primary N) is 1. The van der Waals surface area contributed by atoms with Crippen LogP contribution in [0.2, 0.25) is 0 Å². The molecule has 0 saturated heterocycles. The van der Waals surface area contributed by atoms with Gasteiger partial charge in [-0.05, 0) is 30.9 Å². The van der Waals surface area contributed by atoms with Gasteiger partial charge in [0, 0.05) is 18.2 Å². The lowest BCUT2D eigenvalue weighted by molar-refractivity contribution is -0.115. The minimum absolute atomic E-state index is 0.187. The lowest BCUT2D eigenvalue weighted by atomic mass is 10.0. The Morgan fingerprint density at radius 2 is 2.40 bits per heavy atom. The molecule has 0 atom stereocenters. The van der Waals surface area contributed by atoms with Crippen molar-refractivity contribution in [3.8, 4) is 0 Å². The number of nitrogen functional groups attached to an aromatic ring is 1. The lowest BCUT2D eigenvalue weighted by Gasteiger charge is -2.03. The summed E-state index contributed by atoms with van der Waals surface area (Å²) in [7, 11) is 0. The molecule has 0 unspecified atom stereocenters. The molecule has 0 bridgehead atoms. The number of nitrogens with zero attached hydrogens (tertiary/aromatic N) is 1. The fourth-order valence-corrected chi connectivity index (χ4v) is 1.81. The Morgan fingerprint density at radius 3 is 3.07 bits per heavy atom. The molecule has 1 aromatic heterocycles. The van der Waals surface area contributed by atoms with E-state index in [1.807, 2.05) is 18.2 Å². The van der Waals surface area contributed by atoms with Crippen molar-refractivity contribution in [3.05, 3.63) is 35.5 Å². The van der Waals surface area contributed by atoms with Crippen LogP contribution in [0.1, 0.15) is 24.8 Å². The van der Waals surface area contributed by atoms with E-state index in [1.165, 1.54) is 0 Å². The van der Waals surface area contributed by atoms with E-state index >= 15 is 0 Å². The van der Waals surface area contributed by atoms with Crippen LogP contribution >= 0.6 is 0 Å². The molecule has 0 spiro atoms. The van der Waals surface area contributed by atoms with Crippen molar-refractivity contribution in [3.63, 3.8) is 0 Å². The normalized spacial score (nSPS) is 15.1. The van der Waals surface area contributed by atoms with Gasteiger partial charge in [-0.15, -0.1) is 0 Å². The second kappa shape index (κ2) is 4.26. The second-order valence-electron chi connectivity index (χ2n) is 3.77. The zero-order chi connectivity index (χ0) is 10.7. The van der Waals surface area contributed by atoms with Crippen molar-refractivity contribution in [2.24, 2.45) is 0 Å². The van der Waals surface area contributed by atoms with E-state index in [4.69, 9.17) is 5.73 Å². The van der Waals surface area contributed by atoms with Crippen molar-refractivity contribution in [2.75, 3.05) is 5.73 Å². The summed E-state index contributed by atoms with van der Waals surface area (Å²) in [5, 5.41) is 0. The van der Waals surface area contributed by atoms with Gasteiger partial charge in [0.1, 0.15) is 5.82 Å². The highest BCUT2D eigenvalue weighted by molar-refractivity contribution is 5.97. The maximum atomic E-state index is 11.8. The first-order chi connectivity index (χ1) is 7.27. The van der Waals surface area contributed by atoms with Crippen LogP contribution in [0.3, 0.4) is 0 Å². The Morgan fingerprint density at radius 1 is 1.53 bits per heavy atom. The molecular formula is C12H14N2O. The van der Waals surface area contributed by atoms with Crippen LogP contribution in [0.4, 0.5) is 5.82 Å². The first-order valence-electron chi connectivity index (χ1n) is 5.19. The summed E-state index contributed by atoms with van der Waals surface area (Å²) in [6.45, 7) is 0. The van der Waals surface area contributed by atoms with Gasteiger partial charge in [-0.2, -0.15) is 0 Å². The number of carbonyl (C=O) groups is 1. The first-order valence-corrected chi connectivity index (χ1v) is 5.19. The Hall–Kier alpha value is -1.64. The maximum Gasteiger partial charge on any atom is 0.163 e. The van der Waals surface area contributed by atoms with Gasteiger partial charge < -0.3 is 5.73 Å². The van der Waals surface area contributed by atoms with Gasteiger partial charge in [0.25, 0.3) is 0 Å². The monoisotopic (exact) mass is 202 g/mol. The van der Waals surface area contributed by atoms with E-state index in [2.05, 4.69) is 4.98 Å². The van der Waals surface area contributed by atoms with Gasteiger partial charge in [-0.1, -0.05) is 12.1 Å². The standard InChI is InChI=1S/C12H14N2O/c13-12-10(6-3-7-14-12)8-11(15)9-4-1-2-5-9/h3-4,6-7H,1-2,5,8H2,(H2,13,14). The smallest absolute Gasteiger partial charge is 0.163 e. The number of aromatic nitrogens is 1. The molecule has 0 aliphatic heterocycles. The van der Waals surface area contributed by atoms with Crippen LogP contribution in [0.5, 0.6) is 0 Å². The number of hydrogen-bond donors (Lipinski definition) is 1. The van der Waals surface area contributed by atoms with Gasteiger partial charge >= 0.3 is 0 Å². The Labute approximate surface area is 89.0 Å². The topological polar surface area (TPSA) is 56.0 Å². The molecular weight excluding hydrogens is 188 g/mol. The van der Waals surface area contributed by atoms with Crippen molar-refractivity contribution in [2.45, 2.75) is 25.7 Å². The number of ketones is 1. The minimum Gasteiger partial charge on any atom is -0.383 e. The van der Waals surface area contributed by atoms with E-state index in [-0.39, 0.29) is 5.78 Å². The highest BCUT2D eigenvalue weighted by atomic mass is 16.1. The average Bonchev–Trinajstić information content (AvgIpc) is 2.74. The number of hydrogen-bond acceptors (Lipinski definition) is 3. The van der Waals surface area contributed by atoms with Gasteiger partial charge in [-0.3, -0.25) is 4.79 Å². The van der Waals surface area contributed by atoms with Gasteiger partial charge in [0.2, 0.25) is 0 Å². The summed E-state index contributed by atoms with van der Waals surface area (Å²) in [6, 6.07) is 3.66. The predicted octanol–water partition coefficient (Wildman–Crippen LogP) is 1.89. The fraction of sp³-hybridized carbons (Fsp3) is 0.333. The molecule has 0 fully saturated rings. The summed E-state index contributed by atoms with van der Waals surface area (Å²) in [6.07, 6.45) is 7.10. The molecule has 1 aliphatic rings. The highest BCUT2D eigenvalue weighted by Crippen LogP contribution is 2.20. The number of carbonyl (C=O) groups excluding carboxylic acids is 1. The molecule has 1 aliphatic carbocycles. The first kappa shape index (κ1) is 9.90. The molecule has 15 heavy (non-hydrogen) atoms. The Kier molecular flexibility index (Phi) is 2.81. The number of Topliss-reactive ketones (excluding diaryl/α,β-unsaturated/α-hetero) is 1. The fourth-order valence-electron chi connectivity index (χ4n) is 1.81. The van der Waals surface area contributed by atoms with Crippen molar-refractivity contribution in [1.29, 1.82) is 0 Å². The van der Waals surface area contributed by atoms with Crippen LogP contribution in [0, 0.1) is 0 Å². The van der Waals surface area contributed by atoms with Gasteiger partial charge in [0.15, 0.2) is 5.78 Å². The van der Waals surface area contributed by atoms with Crippen molar-refractivity contribution < 1.29 is 4.79 Å². The highest BCUT2D eigenvalue weighted by Gasteiger charge is 2.14. The molecule has 0 aromatic carbocycles. The quantitative estimate of drug-likeness (QED) is 0.814. The third-order valence-electron chi connectivity index (χ3n) is 2.68. The number of allylic oxidation sites excluding steroid dienone is 2. The summed E-state index contributed by atoms with van der Waals surface area (Å²) < 4.78 is 0. The van der Waals surface area contributed by atoms with E-state index in [0.29, 0.717) is 12.2 Å². The Bertz CT molecular complexity index is 410. The zero-order valence-corrected chi connectivity index (χ0v) is 8.57. The van der Waals surface area contributed by atoms with Crippen LogP contribution in [0.25, 0.3) is 0 Å². The average molecular weight is 202 g/mol. The Balaban J connectivity index is 2.09. The third-order valence-corrected chi connectivity index (χ3v) is 2.68.